The third-order valence-electron chi connectivity index (χ3n) is 3.26. The maximum Gasteiger partial charge on any atom is 0.303 e. The minimum atomic E-state index is -0.744. The fraction of sp³-hybridized carbons (Fsp3) is 0.846. The number of carbonyl (C=O) groups excluding carboxylic acids is 1. The molecule has 2 atom stereocenters. The van der Waals surface area contributed by atoms with Gasteiger partial charge in [-0.05, 0) is 45.1 Å². The number of nitrogens with one attached hydrogen (secondary N) is 2. The smallest absolute Gasteiger partial charge is 0.303 e. The molecule has 0 aromatic heterocycles. The highest BCUT2D eigenvalue weighted by molar-refractivity contribution is 5.81. The van der Waals surface area contributed by atoms with Gasteiger partial charge in [-0.2, -0.15) is 0 Å². The van der Waals surface area contributed by atoms with Crippen molar-refractivity contribution in [3.63, 3.8) is 0 Å². The molecule has 1 fully saturated rings. The van der Waals surface area contributed by atoms with Gasteiger partial charge in [0.1, 0.15) is 0 Å². The van der Waals surface area contributed by atoms with Gasteiger partial charge in [0.2, 0.25) is 5.91 Å². The van der Waals surface area contributed by atoms with E-state index in [1.165, 1.54) is 0 Å². The predicted octanol–water partition coefficient (Wildman–Crippen LogP) is 1.13. The molecule has 1 amide bonds. The number of carbonyl (C=O) groups is 2. The summed E-state index contributed by atoms with van der Waals surface area (Å²) in [5.41, 5.74) is 0. The number of carboxylic acids is 1. The van der Waals surface area contributed by atoms with Gasteiger partial charge in [-0.3, -0.25) is 9.59 Å². The molecule has 1 rings (SSSR count). The van der Waals surface area contributed by atoms with Gasteiger partial charge in [0.25, 0.3) is 0 Å². The third kappa shape index (κ3) is 6.59. The van der Waals surface area contributed by atoms with E-state index >= 15 is 0 Å². The molecule has 3 N–H and O–H groups in total. The molecule has 0 aromatic carbocycles. The zero-order chi connectivity index (χ0) is 13.5. The quantitative estimate of drug-likeness (QED) is 0.578. The van der Waals surface area contributed by atoms with Gasteiger partial charge in [-0.25, -0.2) is 0 Å². The van der Waals surface area contributed by atoms with Crippen molar-refractivity contribution in [1.82, 2.24) is 10.6 Å². The molecule has 104 valence electrons. The highest BCUT2D eigenvalue weighted by atomic mass is 16.4. The summed E-state index contributed by atoms with van der Waals surface area (Å²) in [5.74, 6) is -0.310. The first kappa shape index (κ1) is 15.0. The van der Waals surface area contributed by atoms with Crippen LogP contribution in [0.4, 0.5) is 0 Å². The molecule has 5 nitrogen and oxygen atoms in total. The zero-order valence-electron chi connectivity index (χ0n) is 11.2. The van der Waals surface area contributed by atoms with E-state index in [-0.39, 0.29) is 18.4 Å². The Morgan fingerprint density at radius 1 is 1.28 bits per heavy atom. The minimum Gasteiger partial charge on any atom is -0.481 e. The van der Waals surface area contributed by atoms with Crippen molar-refractivity contribution in [3.05, 3.63) is 0 Å². The number of hydrogen-bond acceptors (Lipinski definition) is 3. The molecule has 0 radical (unpaired) electrons. The summed E-state index contributed by atoms with van der Waals surface area (Å²) >= 11 is 0. The van der Waals surface area contributed by atoms with Gasteiger partial charge >= 0.3 is 5.97 Å². The average molecular weight is 256 g/mol. The maximum atomic E-state index is 11.6. The van der Waals surface area contributed by atoms with Gasteiger partial charge in [-0.15, -0.1) is 0 Å². The first-order valence-electron chi connectivity index (χ1n) is 6.74. The van der Waals surface area contributed by atoms with Crippen LogP contribution in [-0.2, 0) is 9.59 Å². The fourth-order valence-corrected chi connectivity index (χ4v) is 1.71. The second-order valence-electron chi connectivity index (χ2n) is 5.28. The predicted molar refractivity (Wildman–Crippen MR) is 69.3 cm³/mol. The number of carboxylic acid groups (broad SMARTS) is 1. The maximum absolute atomic E-state index is 11.6. The van der Waals surface area contributed by atoms with Crippen LogP contribution in [-0.4, -0.2) is 35.6 Å². The summed E-state index contributed by atoms with van der Waals surface area (Å²) in [6, 6.07) is 0.230. The molecular weight excluding hydrogens is 232 g/mol. The van der Waals surface area contributed by atoms with Crippen LogP contribution < -0.4 is 10.6 Å². The van der Waals surface area contributed by atoms with Crippen molar-refractivity contribution in [2.75, 3.05) is 6.54 Å². The summed E-state index contributed by atoms with van der Waals surface area (Å²) in [6.45, 7) is 4.65. The lowest BCUT2D eigenvalue weighted by atomic mass is 10.0. The van der Waals surface area contributed by atoms with Crippen LogP contribution in [0.15, 0.2) is 0 Å². The topological polar surface area (TPSA) is 78.4 Å². The lowest BCUT2D eigenvalue weighted by Crippen LogP contribution is -2.43. The zero-order valence-corrected chi connectivity index (χ0v) is 11.2. The molecule has 1 aliphatic carbocycles. The molecule has 1 aliphatic rings. The Labute approximate surface area is 108 Å². The number of rotatable bonds is 9. The Balaban J connectivity index is 2.04. The summed E-state index contributed by atoms with van der Waals surface area (Å²) in [5, 5.41) is 14.7. The summed E-state index contributed by atoms with van der Waals surface area (Å²) < 4.78 is 0. The van der Waals surface area contributed by atoms with Crippen molar-refractivity contribution >= 4 is 11.9 Å². The molecule has 0 heterocycles. The lowest BCUT2D eigenvalue weighted by Gasteiger charge is -2.15. The Bertz CT molecular complexity index is 290. The molecule has 5 heteroatoms. The minimum absolute atomic E-state index is 0.0655. The van der Waals surface area contributed by atoms with E-state index in [4.69, 9.17) is 5.11 Å². The molecular formula is C13H24N2O3. The van der Waals surface area contributed by atoms with E-state index in [0.717, 1.165) is 25.8 Å². The Kier molecular flexibility index (Phi) is 6.12. The SMILES string of the molecule is CC(CCNC(C)C(=O)NC1CC1)CCC(=O)O. The average Bonchev–Trinajstić information content (AvgIpc) is 3.10. The third-order valence-corrected chi connectivity index (χ3v) is 3.26. The van der Waals surface area contributed by atoms with Gasteiger partial charge in [0, 0.05) is 12.5 Å². The number of hydrogen-bond donors (Lipinski definition) is 3. The normalized spacial score (nSPS) is 18.1. The van der Waals surface area contributed by atoms with Gasteiger partial charge in [0.05, 0.1) is 6.04 Å². The first-order valence-corrected chi connectivity index (χ1v) is 6.74. The van der Waals surface area contributed by atoms with Crippen molar-refractivity contribution in [3.8, 4) is 0 Å². The lowest BCUT2D eigenvalue weighted by molar-refractivity contribution is -0.137. The second-order valence-corrected chi connectivity index (χ2v) is 5.28. The Morgan fingerprint density at radius 3 is 2.50 bits per heavy atom. The molecule has 0 saturated heterocycles. The van der Waals surface area contributed by atoms with E-state index in [0.29, 0.717) is 18.4 Å². The van der Waals surface area contributed by atoms with E-state index < -0.39 is 5.97 Å². The van der Waals surface area contributed by atoms with Crippen LogP contribution in [0.5, 0.6) is 0 Å². The van der Waals surface area contributed by atoms with Gasteiger partial charge in [-0.1, -0.05) is 6.92 Å². The molecule has 0 spiro atoms. The molecule has 0 aliphatic heterocycles. The molecule has 1 saturated carbocycles. The van der Waals surface area contributed by atoms with E-state index in [1.54, 1.807) is 0 Å². The van der Waals surface area contributed by atoms with Crippen molar-refractivity contribution < 1.29 is 14.7 Å². The van der Waals surface area contributed by atoms with Crippen LogP contribution in [0.3, 0.4) is 0 Å². The largest absolute Gasteiger partial charge is 0.481 e. The van der Waals surface area contributed by atoms with Gasteiger partial charge in [0.15, 0.2) is 0 Å². The van der Waals surface area contributed by atoms with E-state index in [1.807, 2.05) is 13.8 Å². The van der Waals surface area contributed by atoms with Gasteiger partial charge < -0.3 is 15.7 Å². The van der Waals surface area contributed by atoms with Crippen molar-refractivity contribution in [2.24, 2.45) is 5.92 Å². The van der Waals surface area contributed by atoms with Crippen LogP contribution in [0, 0.1) is 5.92 Å². The molecule has 0 bridgehead atoms. The summed E-state index contributed by atoms with van der Waals surface area (Å²) in [4.78, 5) is 22.0. The molecule has 2 unspecified atom stereocenters. The van der Waals surface area contributed by atoms with Crippen LogP contribution in [0.2, 0.25) is 0 Å². The van der Waals surface area contributed by atoms with Crippen molar-refractivity contribution in [1.29, 1.82) is 0 Å². The monoisotopic (exact) mass is 256 g/mol. The number of aliphatic carboxylic acids is 1. The van der Waals surface area contributed by atoms with E-state index in [9.17, 15) is 9.59 Å². The van der Waals surface area contributed by atoms with Crippen LogP contribution in [0.1, 0.15) is 46.0 Å². The number of amides is 1. The summed E-state index contributed by atoms with van der Waals surface area (Å²) in [7, 11) is 0. The summed E-state index contributed by atoms with van der Waals surface area (Å²) in [6.07, 6.45) is 4.02. The van der Waals surface area contributed by atoms with E-state index in [2.05, 4.69) is 10.6 Å². The fourth-order valence-electron chi connectivity index (χ4n) is 1.71. The second kappa shape index (κ2) is 7.36. The Hall–Kier alpha value is -1.10. The van der Waals surface area contributed by atoms with Crippen LogP contribution >= 0.6 is 0 Å². The molecule has 0 aromatic rings. The first-order chi connectivity index (χ1) is 8.49. The Morgan fingerprint density at radius 2 is 1.94 bits per heavy atom. The van der Waals surface area contributed by atoms with Crippen molar-refractivity contribution in [2.45, 2.75) is 58.0 Å². The highest BCUT2D eigenvalue weighted by Crippen LogP contribution is 2.18. The van der Waals surface area contributed by atoms with Crippen LogP contribution in [0.25, 0.3) is 0 Å². The standard InChI is InChI=1S/C13H24N2O3/c1-9(3-6-12(16)17)7-8-14-10(2)13(18)15-11-4-5-11/h9-11,14H,3-8H2,1-2H3,(H,15,18)(H,16,17). The molecule has 18 heavy (non-hydrogen) atoms. The highest BCUT2D eigenvalue weighted by Gasteiger charge is 2.25.